The molecule has 0 amide bonds. The fraction of sp³-hybridized carbons (Fsp3) is 0.286. The molecule has 0 saturated heterocycles. The van der Waals surface area contributed by atoms with Crippen molar-refractivity contribution in [3.05, 3.63) is 46.7 Å². The van der Waals surface area contributed by atoms with Gasteiger partial charge in [0.05, 0.1) is 0 Å². The average molecular weight is 325 g/mol. The largest absolute Gasteiger partial charge is 0.374 e. The number of halogens is 1. The Morgan fingerprint density at radius 3 is 2.86 bits per heavy atom. The molecule has 21 heavy (non-hydrogen) atoms. The van der Waals surface area contributed by atoms with Crippen LogP contribution in [0.25, 0.3) is 0 Å². The van der Waals surface area contributed by atoms with E-state index in [1.807, 2.05) is 31.2 Å². The van der Waals surface area contributed by atoms with Crippen LogP contribution in [0.4, 0.5) is 5.82 Å². The van der Waals surface area contributed by atoms with Crippen molar-refractivity contribution in [3.8, 4) is 0 Å². The summed E-state index contributed by atoms with van der Waals surface area (Å²) < 4.78 is 5.33. The maximum Gasteiger partial charge on any atom is 0.157 e. The second-order valence-electron chi connectivity index (χ2n) is 4.17. The Morgan fingerprint density at radius 2 is 2.14 bits per heavy atom. The minimum absolute atomic E-state index is 0.367. The van der Waals surface area contributed by atoms with E-state index in [0.717, 1.165) is 21.4 Å². The number of aromatic nitrogens is 2. The minimum Gasteiger partial charge on any atom is -0.374 e. The molecule has 2 rings (SSSR count). The number of hydrazine groups is 1. The molecule has 1 heterocycles. The maximum absolute atomic E-state index is 6.15. The number of ether oxygens (including phenoxy) is 1. The Morgan fingerprint density at radius 1 is 1.33 bits per heavy atom. The first kappa shape index (κ1) is 16.0. The van der Waals surface area contributed by atoms with Crippen LogP contribution in [0.5, 0.6) is 0 Å². The van der Waals surface area contributed by atoms with Gasteiger partial charge in [0.1, 0.15) is 17.5 Å². The van der Waals surface area contributed by atoms with Crippen molar-refractivity contribution in [2.45, 2.75) is 24.3 Å². The van der Waals surface area contributed by atoms with Crippen LogP contribution in [-0.4, -0.2) is 16.6 Å². The lowest BCUT2D eigenvalue weighted by Crippen LogP contribution is -2.11. The number of anilines is 1. The topological polar surface area (TPSA) is 73.1 Å². The molecule has 1 aromatic carbocycles. The highest BCUT2D eigenvalue weighted by Gasteiger charge is 2.06. The van der Waals surface area contributed by atoms with E-state index in [-0.39, 0.29) is 0 Å². The summed E-state index contributed by atoms with van der Waals surface area (Å²) in [7, 11) is 0. The third-order valence-corrected chi connectivity index (χ3v) is 3.99. The molecular weight excluding hydrogens is 308 g/mol. The second-order valence-corrected chi connectivity index (χ2v) is 5.57. The Kier molecular flexibility index (Phi) is 6.25. The molecular formula is C14H17ClN4OS. The normalized spacial score (nSPS) is 10.6. The van der Waals surface area contributed by atoms with E-state index in [1.165, 1.54) is 0 Å². The zero-order valence-electron chi connectivity index (χ0n) is 11.7. The lowest BCUT2D eigenvalue weighted by molar-refractivity contribution is 0.128. The van der Waals surface area contributed by atoms with Gasteiger partial charge in [-0.3, -0.25) is 0 Å². The Balaban J connectivity index is 2.09. The molecule has 2 aromatic rings. The first-order chi connectivity index (χ1) is 10.2. The Hall–Kier alpha value is -1.34. The van der Waals surface area contributed by atoms with Crippen molar-refractivity contribution in [2.75, 3.05) is 12.0 Å². The minimum atomic E-state index is 0.367. The van der Waals surface area contributed by atoms with Crippen LogP contribution in [0.1, 0.15) is 18.3 Å². The van der Waals surface area contributed by atoms with Gasteiger partial charge >= 0.3 is 0 Å². The van der Waals surface area contributed by atoms with Crippen molar-refractivity contribution in [1.82, 2.24) is 9.97 Å². The average Bonchev–Trinajstić information content (AvgIpc) is 2.52. The van der Waals surface area contributed by atoms with E-state index >= 15 is 0 Å². The van der Waals surface area contributed by atoms with Crippen LogP contribution in [-0.2, 0) is 17.1 Å². The van der Waals surface area contributed by atoms with E-state index in [4.69, 9.17) is 22.2 Å². The summed E-state index contributed by atoms with van der Waals surface area (Å²) in [4.78, 5) is 8.70. The van der Waals surface area contributed by atoms with Gasteiger partial charge in [-0.15, -0.1) is 11.8 Å². The van der Waals surface area contributed by atoms with Gasteiger partial charge in [0.15, 0.2) is 5.82 Å². The monoisotopic (exact) mass is 324 g/mol. The molecule has 0 unspecified atom stereocenters. The molecule has 0 fully saturated rings. The van der Waals surface area contributed by atoms with Crippen LogP contribution in [0.3, 0.4) is 0 Å². The number of nitrogens with two attached hydrogens (primary N) is 1. The van der Waals surface area contributed by atoms with Gasteiger partial charge in [-0.25, -0.2) is 15.8 Å². The fourth-order valence-corrected chi connectivity index (χ4v) is 2.85. The summed E-state index contributed by atoms with van der Waals surface area (Å²) in [6.45, 7) is 2.91. The van der Waals surface area contributed by atoms with Gasteiger partial charge in [0.25, 0.3) is 0 Å². The summed E-state index contributed by atoms with van der Waals surface area (Å²) in [5.74, 6) is 7.34. The van der Waals surface area contributed by atoms with Crippen molar-refractivity contribution in [1.29, 1.82) is 0 Å². The van der Waals surface area contributed by atoms with Crippen LogP contribution < -0.4 is 11.3 Å². The number of rotatable bonds is 7. The number of thioether (sulfide) groups is 1. The van der Waals surface area contributed by atoms with Crippen LogP contribution in [0.15, 0.2) is 35.4 Å². The van der Waals surface area contributed by atoms with E-state index in [2.05, 4.69) is 15.4 Å². The van der Waals surface area contributed by atoms with Gasteiger partial charge in [-0.2, -0.15) is 0 Å². The van der Waals surface area contributed by atoms with Gasteiger partial charge in [0, 0.05) is 23.4 Å². The first-order valence-corrected chi connectivity index (χ1v) is 7.87. The number of hydrogen-bond donors (Lipinski definition) is 2. The molecule has 0 atom stereocenters. The number of benzene rings is 1. The van der Waals surface area contributed by atoms with Crippen LogP contribution >= 0.6 is 23.4 Å². The number of nitrogens with one attached hydrogen (secondary N) is 1. The summed E-state index contributed by atoms with van der Waals surface area (Å²) in [5, 5.41) is 1.58. The van der Waals surface area contributed by atoms with E-state index in [0.29, 0.717) is 24.9 Å². The zero-order chi connectivity index (χ0) is 15.1. The SMILES string of the molecule is CCOCc1nc(NN)cc(SCc2ccccc2Cl)n1. The maximum atomic E-state index is 6.15. The molecule has 0 aliphatic heterocycles. The highest BCUT2D eigenvalue weighted by Crippen LogP contribution is 2.26. The smallest absolute Gasteiger partial charge is 0.157 e. The van der Waals surface area contributed by atoms with Gasteiger partial charge < -0.3 is 10.2 Å². The molecule has 0 aliphatic rings. The van der Waals surface area contributed by atoms with E-state index in [1.54, 1.807) is 17.8 Å². The van der Waals surface area contributed by atoms with Crippen LogP contribution in [0.2, 0.25) is 5.02 Å². The second kappa shape index (κ2) is 8.19. The summed E-state index contributed by atoms with van der Waals surface area (Å²) in [5.41, 5.74) is 3.61. The number of hydrogen-bond acceptors (Lipinski definition) is 6. The van der Waals surface area contributed by atoms with Crippen molar-refractivity contribution in [2.24, 2.45) is 5.84 Å². The molecule has 0 spiro atoms. The molecule has 3 N–H and O–H groups in total. The summed E-state index contributed by atoms with van der Waals surface area (Å²) >= 11 is 7.73. The molecule has 5 nitrogen and oxygen atoms in total. The Labute approximate surface area is 133 Å². The van der Waals surface area contributed by atoms with Crippen molar-refractivity contribution < 1.29 is 4.74 Å². The zero-order valence-corrected chi connectivity index (χ0v) is 13.2. The highest BCUT2D eigenvalue weighted by atomic mass is 35.5. The first-order valence-electron chi connectivity index (χ1n) is 6.51. The molecule has 0 radical (unpaired) electrons. The third-order valence-electron chi connectivity index (χ3n) is 2.67. The fourth-order valence-electron chi connectivity index (χ4n) is 1.65. The van der Waals surface area contributed by atoms with E-state index in [9.17, 15) is 0 Å². The molecule has 1 aromatic heterocycles. The predicted octanol–water partition coefficient (Wildman–Crippen LogP) is 3.24. The van der Waals surface area contributed by atoms with Crippen molar-refractivity contribution >= 4 is 29.2 Å². The van der Waals surface area contributed by atoms with Gasteiger partial charge in [-0.1, -0.05) is 29.8 Å². The highest BCUT2D eigenvalue weighted by molar-refractivity contribution is 7.98. The summed E-state index contributed by atoms with van der Waals surface area (Å²) in [6, 6.07) is 9.56. The quantitative estimate of drug-likeness (QED) is 0.352. The molecule has 0 aliphatic carbocycles. The van der Waals surface area contributed by atoms with Gasteiger partial charge in [0.2, 0.25) is 0 Å². The number of nitrogen functional groups attached to an aromatic ring is 1. The van der Waals surface area contributed by atoms with E-state index < -0.39 is 0 Å². The predicted molar refractivity (Wildman–Crippen MR) is 86.2 cm³/mol. The van der Waals surface area contributed by atoms with Crippen LogP contribution in [0, 0.1) is 0 Å². The summed E-state index contributed by atoms with van der Waals surface area (Å²) in [6.07, 6.45) is 0. The Bertz CT molecular complexity index is 597. The lowest BCUT2D eigenvalue weighted by atomic mass is 10.2. The molecule has 0 bridgehead atoms. The standard InChI is InChI=1S/C14H17ClN4OS/c1-2-20-8-13-17-12(19-16)7-14(18-13)21-9-10-5-3-4-6-11(10)15/h3-7H,2,8-9,16H2,1H3,(H,17,18,19). The third kappa shape index (κ3) is 4.86. The van der Waals surface area contributed by atoms with Crippen molar-refractivity contribution in [3.63, 3.8) is 0 Å². The lowest BCUT2D eigenvalue weighted by Gasteiger charge is -2.08. The molecule has 0 saturated carbocycles. The molecule has 7 heteroatoms. The molecule has 112 valence electrons. The number of nitrogens with zero attached hydrogens (tertiary/aromatic N) is 2. The van der Waals surface area contributed by atoms with Gasteiger partial charge in [-0.05, 0) is 18.6 Å².